The van der Waals surface area contributed by atoms with E-state index in [2.05, 4.69) is 29.6 Å². The number of aromatic nitrogens is 3. The summed E-state index contributed by atoms with van der Waals surface area (Å²) in [6, 6.07) is 14.1. The van der Waals surface area contributed by atoms with Gasteiger partial charge in [0.1, 0.15) is 15.6 Å². The first-order valence-corrected chi connectivity index (χ1v) is 14.4. The summed E-state index contributed by atoms with van der Waals surface area (Å²) in [4.78, 5) is 28.3. The summed E-state index contributed by atoms with van der Waals surface area (Å²) in [5.41, 5.74) is 5.93. The van der Waals surface area contributed by atoms with Crippen molar-refractivity contribution in [2.75, 3.05) is 12.0 Å². The smallest absolute Gasteiger partial charge is 0.230 e. The van der Waals surface area contributed by atoms with Crippen LogP contribution in [0.4, 0.5) is 0 Å². The largest absolute Gasteiger partial charge is 0.467 e. The molecule has 5 aromatic rings. The fraction of sp³-hybridized carbons (Fsp3) is 0.231. The van der Waals surface area contributed by atoms with Crippen molar-refractivity contribution in [3.8, 4) is 11.3 Å². The van der Waals surface area contributed by atoms with Crippen molar-refractivity contribution in [2.45, 2.75) is 36.0 Å². The van der Waals surface area contributed by atoms with Gasteiger partial charge in [-0.15, -0.1) is 11.3 Å². The van der Waals surface area contributed by atoms with E-state index in [1.165, 1.54) is 40.0 Å². The summed E-state index contributed by atoms with van der Waals surface area (Å²) >= 11 is 4.60. The molecule has 0 radical (unpaired) electrons. The number of fused-ring (bicyclic) bond motifs is 5. The van der Waals surface area contributed by atoms with E-state index in [0.717, 1.165) is 61.5 Å². The number of thioether (sulfide) groups is 2. The molecule has 1 aliphatic carbocycles. The van der Waals surface area contributed by atoms with Crippen LogP contribution in [-0.4, -0.2) is 32.9 Å². The lowest BCUT2D eigenvalue weighted by atomic mass is 10.0. The number of benzene rings is 1. The lowest BCUT2D eigenvalue weighted by Gasteiger charge is -2.09. The van der Waals surface area contributed by atoms with Crippen LogP contribution in [0.5, 0.6) is 0 Å². The highest BCUT2D eigenvalue weighted by Crippen LogP contribution is 2.44. The first kappa shape index (κ1) is 22.6. The van der Waals surface area contributed by atoms with Gasteiger partial charge in [0.25, 0.3) is 0 Å². The number of carbonyl (C=O) groups excluding carboxylic acids is 1. The number of nitrogens with zero attached hydrogens (tertiary/aromatic N) is 3. The second-order valence-electron chi connectivity index (χ2n) is 8.26. The third kappa shape index (κ3) is 4.32. The Hall–Kier alpha value is -2.88. The first-order chi connectivity index (χ1) is 17.2. The number of carbonyl (C=O) groups is 1. The first-order valence-electron chi connectivity index (χ1n) is 11.4. The third-order valence-corrected chi connectivity index (χ3v) is 8.82. The lowest BCUT2D eigenvalue weighted by molar-refractivity contribution is -0.118. The molecule has 4 aromatic heterocycles. The molecule has 1 N–H and O–H groups in total. The normalized spacial score (nSPS) is 12.9. The van der Waals surface area contributed by atoms with Gasteiger partial charge in [0, 0.05) is 10.9 Å². The molecule has 1 aromatic carbocycles. The van der Waals surface area contributed by atoms with Crippen molar-refractivity contribution in [2.24, 2.45) is 0 Å². The number of furan rings is 1. The fourth-order valence-corrected chi connectivity index (χ4v) is 7.03. The second kappa shape index (κ2) is 9.64. The molecule has 0 fully saturated rings. The number of hydrogen-bond acceptors (Lipinski definition) is 8. The van der Waals surface area contributed by atoms with Crippen molar-refractivity contribution in [3.05, 3.63) is 65.6 Å². The van der Waals surface area contributed by atoms with Crippen LogP contribution >= 0.6 is 34.9 Å². The molecule has 35 heavy (non-hydrogen) atoms. The van der Waals surface area contributed by atoms with Crippen molar-refractivity contribution in [3.63, 3.8) is 0 Å². The number of nitrogens with one attached hydrogen (secondary N) is 1. The molecule has 0 spiro atoms. The van der Waals surface area contributed by atoms with Crippen molar-refractivity contribution < 1.29 is 9.21 Å². The van der Waals surface area contributed by atoms with Gasteiger partial charge in [0.15, 0.2) is 5.16 Å². The van der Waals surface area contributed by atoms with E-state index in [4.69, 9.17) is 19.4 Å². The van der Waals surface area contributed by atoms with Crippen LogP contribution in [0.2, 0.25) is 0 Å². The Morgan fingerprint density at radius 2 is 1.94 bits per heavy atom. The Kier molecular flexibility index (Phi) is 6.22. The minimum Gasteiger partial charge on any atom is -0.467 e. The molecular formula is C26H22N4O2S3. The van der Waals surface area contributed by atoms with E-state index < -0.39 is 0 Å². The van der Waals surface area contributed by atoms with Gasteiger partial charge in [0.2, 0.25) is 5.91 Å². The van der Waals surface area contributed by atoms with Crippen LogP contribution in [0, 0.1) is 0 Å². The summed E-state index contributed by atoms with van der Waals surface area (Å²) in [5.74, 6) is 0.946. The molecule has 0 bridgehead atoms. The average molecular weight is 519 g/mol. The monoisotopic (exact) mass is 518 g/mol. The van der Waals surface area contributed by atoms with E-state index in [0.29, 0.717) is 6.54 Å². The van der Waals surface area contributed by atoms with E-state index in [1.807, 2.05) is 24.5 Å². The van der Waals surface area contributed by atoms with Gasteiger partial charge in [-0.1, -0.05) is 53.9 Å². The Bertz CT molecular complexity index is 1530. The van der Waals surface area contributed by atoms with Gasteiger partial charge in [-0.3, -0.25) is 4.79 Å². The van der Waals surface area contributed by atoms with Gasteiger partial charge >= 0.3 is 0 Å². The molecule has 6 nitrogen and oxygen atoms in total. The maximum Gasteiger partial charge on any atom is 0.230 e. The predicted molar refractivity (Wildman–Crippen MR) is 143 cm³/mol. The summed E-state index contributed by atoms with van der Waals surface area (Å²) in [7, 11) is 0. The van der Waals surface area contributed by atoms with E-state index in [9.17, 15) is 4.79 Å². The van der Waals surface area contributed by atoms with Gasteiger partial charge in [-0.05, 0) is 48.8 Å². The third-order valence-electron chi connectivity index (χ3n) is 6.09. The van der Waals surface area contributed by atoms with Crippen molar-refractivity contribution >= 4 is 61.2 Å². The maximum absolute atomic E-state index is 12.5. The van der Waals surface area contributed by atoms with Crippen LogP contribution < -0.4 is 5.32 Å². The number of pyridine rings is 1. The van der Waals surface area contributed by atoms with Gasteiger partial charge in [0.05, 0.1) is 34.5 Å². The van der Waals surface area contributed by atoms with Gasteiger partial charge in [-0.25, -0.2) is 15.0 Å². The highest BCUT2D eigenvalue weighted by atomic mass is 32.2. The molecule has 1 amide bonds. The Balaban J connectivity index is 1.39. The van der Waals surface area contributed by atoms with Crippen LogP contribution in [-0.2, 0) is 24.2 Å². The number of amides is 1. The standard InChI is InChI=1S/C26H22N4O2S3/c1-33-26-29-22-20-17-10-5-11-18(17)21(15-7-3-2-4-8-15)28-24(20)35-23(22)25(30-26)34-14-19(31)27-13-16-9-6-12-32-16/h2-4,6-9,12H,5,10-11,13-14H2,1H3,(H,27,31). The number of hydrogen-bond donors (Lipinski definition) is 1. The Labute approximate surface area is 215 Å². The summed E-state index contributed by atoms with van der Waals surface area (Å²) in [6.45, 7) is 0.378. The zero-order chi connectivity index (χ0) is 23.8. The minimum atomic E-state index is -0.0599. The van der Waals surface area contributed by atoms with Gasteiger partial charge < -0.3 is 9.73 Å². The summed E-state index contributed by atoms with van der Waals surface area (Å²) in [5, 5.41) is 5.63. The summed E-state index contributed by atoms with van der Waals surface area (Å²) < 4.78 is 6.30. The number of thiophene rings is 1. The number of rotatable bonds is 7. The molecule has 4 heterocycles. The molecule has 9 heteroatoms. The SMILES string of the molecule is CSc1nc(SCC(=O)NCc2ccco2)c2sc3nc(-c4ccccc4)c4c(c3c2n1)CCC4. The molecule has 0 saturated carbocycles. The summed E-state index contributed by atoms with van der Waals surface area (Å²) in [6.07, 6.45) is 6.79. The lowest BCUT2D eigenvalue weighted by Crippen LogP contribution is -2.24. The van der Waals surface area contributed by atoms with Crippen LogP contribution in [0.15, 0.2) is 63.3 Å². The van der Waals surface area contributed by atoms with Crippen molar-refractivity contribution in [1.82, 2.24) is 20.3 Å². The molecule has 1 aliphatic rings. The van der Waals surface area contributed by atoms with Crippen LogP contribution in [0.25, 0.3) is 31.7 Å². The van der Waals surface area contributed by atoms with Crippen LogP contribution in [0.3, 0.4) is 0 Å². The molecule has 0 aliphatic heterocycles. The molecule has 0 saturated heterocycles. The molecule has 6 rings (SSSR count). The highest BCUT2D eigenvalue weighted by molar-refractivity contribution is 8.00. The fourth-order valence-electron chi connectivity index (χ4n) is 4.53. The van der Waals surface area contributed by atoms with Gasteiger partial charge in [-0.2, -0.15) is 0 Å². The Morgan fingerprint density at radius 1 is 1.09 bits per heavy atom. The van der Waals surface area contributed by atoms with E-state index in [1.54, 1.807) is 17.6 Å². The Morgan fingerprint density at radius 3 is 2.74 bits per heavy atom. The molecule has 0 unspecified atom stereocenters. The average Bonchev–Trinajstić information content (AvgIpc) is 3.65. The van der Waals surface area contributed by atoms with E-state index >= 15 is 0 Å². The van der Waals surface area contributed by atoms with Crippen molar-refractivity contribution in [1.29, 1.82) is 0 Å². The molecule has 0 atom stereocenters. The zero-order valence-electron chi connectivity index (χ0n) is 19.0. The van der Waals surface area contributed by atoms with Crippen LogP contribution in [0.1, 0.15) is 23.3 Å². The molecule has 176 valence electrons. The highest BCUT2D eigenvalue weighted by Gasteiger charge is 2.25. The minimum absolute atomic E-state index is 0.0599. The van der Waals surface area contributed by atoms with E-state index in [-0.39, 0.29) is 11.7 Å². The maximum atomic E-state index is 12.5. The topological polar surface area (TPSA) is 80.9 Å². The zero-order valence-corrected chi connectivity index (χ0v) is 21.5. The quantitative estimate of drug-likeness (QED) is 0.158. The second-order valence-corrected chi connectivity index (χ2v) is 11.0. The predicted octanol–water partition coefficient (Wildman–Crippen LogP) is 6.12. The molecular weight excluding hydrogens is 497 g/mol. The number of aryl methyl sites for hydroxylation is 1.